The van der Waals surface area contributed by atoms with Crippen molar-refractivity contribution < 1.29 is 14.6 Å². The Balaban J connectivity index is 1.76. The van der Waals surface area contributed by atoms with E-state index in [1.165, 1.54) is 16.7 Å². The third-order valence-electron chi connectivity index (χ3n) is 6.41. The van der Waals surface area contributed by atoms with E-state index in [0.717, 1.165) is 12.2 Å². The first-order chi connectivity index (χ1) is 10.2. The summed E-state index contributed by atoms with van der Waals surface area (Å²) in [6.07, 6.45) is 5.18. The fourth-order valence-electron chi connectivity index (χ4n) is 5.66. The van der Waals surface area contributed by atoms with Crippen molar-refractivity contribution >= 4 is 0 Å². The summed E-state index contributed by atoms with van der Waals surface area (Å²) in [5.74, 6) is 1.78. The summed E-state index contributed by atoms with van der Waals surface area (Å²) in [6.45, 7) is 0. The van der Waals surface area contributed by atoms with E-state index >= 15 is 0 Å². The Morgan fingerprint density at radius 3 is 3.05 bits per heavy atom. The number of methoxy groups -OCH3 is 1. The first kappa shape index (κ1) is 10.7. The van der Waals surface area contributed by atoms with Gasteiger partial charge in [0, 0.05) is 5.56 Å². The second kappa shape index (κ2) is 2.71. The quantitative estimate of drug-likeness (QED) is 0.797. The standard InChI is InChI=1S/C17H15NO3/c1-18-14-9-4-6-11(20-2)15-16(9)7-17(14,18)8-3-5-10(19)13(21-15)12(8)16/h3-6,14-15,19H,7H2,1-2H3/t14-,15-,16-,17-,18?/m0/s1. The van der Waals surface area contributed by atoms with Crippen LogP contribution in [-0.2, 0) is 15.7 Å². The molecule has 1 aromatic rings. The van der Waals surface area contributed by atoms with E-state index in [0.29, 0.717) is 11.8 Å². The van der Waals surface area contributed by atoms with Gasteiger partial charge in [0.15, 0.2) is 17.6 Å². The summed E-state index contributed by atoms with van der Waals surface area (Å²) in [7, 11) is 3.89. The number of piperidine rings is 1. The molecule has 1 saturated carbocycles. The van der Waals surface area contributed by atoms with Crippen molar-refractivity contribution in [1.29, 1.82) is 0 Å². The molecule has 2 bridgehead atoms. The molecule has 2 heterocycles. The zero-order chi connectivity index (χ0) is 14.1. The lowest BCUT2D eigenvalue weighted by Crippen LogP contribution is -2.42. The third kappa shape index (κ3) is 0.764. The number of fused-ring (bicyclic) bond motifs is 1. The van der Waals surface area contributed by atoms with Gasteiger partial charge in [-0.05, 0) is 36.7 Å². The molecule has 0 radical (unpaired) electrons. The molecule has 1 saturated heterocycles. The largest absolute Gasteiger partial charge is 0.504 e. The van der Waals surface area contributed by atoms with Gasteiger partial charge >= 0.3 is 0 Å². The number of phenolic OH excluding ortho intramolecular Hbond substituents is 1. The fourth-order valence-corrected chi connectivity index (χ4v) is 5.66. The van der Waals surface area contributed by atoms with Crippen molar-refractivity contribution in [3.05, 3.63) is 46.7 Å². The summed E-state index contributed by atoms with van der Waals surface area (Å²) in [5, 5.41) is 10.3. The molecule has 2 fully saturated rings. The molecule has 1 N–H and O–H groups in total. The highest BCUT2D eigenvalue weighted by atomic mass is 16.5. The van der Waals surface area contributed by atoms with Crippen molar-refractivity contribution in [2.24, 2.45) is 0 Å². The molecule has 0 aromatic heterocycles. The van der Waals surface area contributed by atoms with Crippen molar-refractivity contribution in [2.75, 3.05) is 14.2 Å². The van der Waals surface area contributed by atoms with Crippen LogP contribution in [0.15, 0.2) is 35.6 Å². The van der Waals surface area contributed by atoms with Crippen LogP contribution in [0.25, 0.3) is 0 Å². The normalized spacial score (nSPS) is 45.5. The Morgan fingerprint density at radius 2 is 2.24 bits per heavy atom. The third-order valence-corrected chi connectivity index (χ3v) is 6.41. The van der Waals surface area contributed by atoms with Crippen LogP contribution in [-0.4, -0.2) is 36.3 Å². The van der Waals surface area contributed by atoms with Gasteiger partial charge < -0.3 is 14.6 Å². The second-order valence-electron chi connectivity index (χ2n) is 6.82. The number of phenols is 1. The van der Waals surface area contributed by atoms with E-state index in [4.69, 9.17) is 9.47 Å². The van der Waals surface area contributed by atoms with Crippen LogP contribution >= 0.6 is 0 Å². The van der Waals surface area contributed by atoms with Gasteiger partial charge in [0.05, 0.1) is 24.1 Å². The highest BCUT2D eigenvalue weighted by Gasteiger charge is 2.83. The first-order valence-electron chi connectivity index (χ1n) is 7.39. The SMILES string of the molecule is COC1=CC=C2[C@@H]3N(C)[C@]34C[C@@]23c2c4ccc(O)c2O[C@@H]13. The maximum absolute atomic E-state index is 10.3. The van der Waals surface area contributed by atoms with E-state index in [9.17, 15) is 5.11 Å². The Labute approximate surface area is 122 Å². The zero-order valence-electron chi connectivity index (χ0n) is 11.9. The molecule has 5 aliphatic rings. The van der Waals surface area contributed by atoms with Crippen molar-refractivity contribution in [1.82, 2.24) is 4.90 Å². The minimum atomic E-state index is -0.120. The van der Waals surface area contributed by atoms with Gasteiger partial charge in [-0.15, -0.1) is 0 Å². The number of benzene rings is 1. The number of aromatic hydroxyl groups is 1. The Bertz CT molecular complexity index is 810. The number of likely N-dealkylation sites (tertiary alicyclic amines) is 1. The Hall–Kier alpha value is -1.94. The molecule has 6 rings (SSSR count). The molecule has 106 valence electrons. The van der Waals surface area contributed by atoms with Crippen LogP contribution in [0.5, 0.6) is 11.5 Å². The van der Waals surface area contributed by atoms with Crippen molar-refractivity contribution in [3.63, 3.8) is 0 Å². The van der Waals surface area contributed by atoms with E-state index < -0.39 is 0 Å². The van der Waals surface area contributed by atoms with E-state index in [-0.39, 0.29) is 22.8 Å². The summed E-state index contributed by atoms with van der Waals surface area (Å²) >= 11 is 0. The van der Waals surface area contributed by atoms with Gasteiger partial charge in [0.1, 0.15) is 5.76 Å². The lowest BCUT2D eigenvalue weighted by Gasteiger charge is -2.35. The average molecular weight is 281 g/mol. The number of allylic oxidation sites excluding steroid dienone is 2. The highest BCUT2D eigenvalue weighted by Crippen LogP contribution is 2.79. The maximum atomic E-state index is 10.3. The molecular formula is C17H15NO3. The van der Waals surface area contributed by atoms with Gasteiger partial charge in [0.25, 0.3) is 0 Å². The van der Waals surface area contributed by atoms with Crippen molar-refractivity contribution in [3.8, 4) is 11.5 Å². The first-order valence-corrected chi connectivity index (χ1v) is 7.39. The van der Waals surface area contributed by atoms with Gasteiger partial charge in [-0.25, -0.2) is 0 Å². The fraction of sp³-hybridized carbons (Fsp3) is 0.412. The van der Waals surface area contributed by atoms with E-state index in [2.05, 4.69) is 24.1 Å². The number of hydrogen-bond donors (Lipinski definition) is 1. The highest BCUT2D eigenvalue weighted by molar-refractivity contribution is 5.76. The van der Waals surface area contributed by atoms with E-state index in [1.807, 2.05) is 6.08 Å². The van der Waals surface area contributed by atoms with Crippen LogP contribution in [0, 0.1) is 0 Å². The summed E-state index contributed by atoms with van der Waals surface area (Å²) in [6, 6.07) is 4.36. The lowest BCUT2D eigenvalue weighted by molar-refractivity contribution is 0.111. The molecule has 5 atom stereocenters. The molecule has 1 aromatic carbocycles. The summed E-state index contributed by atoms with van der Waals surface area (Å²) in [5.41, 5.74) is 4.01. The van der Waals surface area contributed by atoms with Gasteiger partial charge in [-0.1, -0.05) is 12.1 Å². The van der Waals surface area contributed by atoms with Gasteiger partial charge in [0.2, 0.25) is 0 Å². The van der Waals surface area contributed by atoms with Crippen LogP contribution in [0.1, 0.15) is 17.5 Å². The van der Waals surface area contributed by atoms with Gasteiger partial charge in [-0.2, -0.15) is 0 Å². The molecular weight excluding hydrogens is 266 g/mol. The van der Waals surface area contributed by atoms with E-state index in [1.54, 1.807) is 13.2 Å². The van der Waals surface area contributed by atoms with Crippen LogP contribution in [0.2, 0.25) is 0 Å². The van der Waals surface area contributed by atoms with Gasteiger partial charge in [-0.3, -0.25) is 4.90 Å². The number of hydrogen-bond acceptors (Lipinski definition) is 4. The van der Waals surface area contributed by atoms with Crippen LogP contribution in [0.4, 0.5) is 0 Å². The monoisotopic (exact) mass is 281 g/mol. The second-order valence-corrected chi connectivity index (χ2v) is 6.82. The van der Waals surface area contributed by atoms with Crippen molar-refractivity contribution in [2.45, 2.75) is 29.5 Å². The molecule has 2 aliphatic heterocycles. The maximum Gasteiger partial charge on any atom is 0.169 e. The molecule has 2 spiro atoms. The Kier molecular flexibility index (Phi) is 1.38. The minimum Gasteiger partial charge on any atom is -0.504 e. The van der Waals surface area contributed by atoms with Crippen LogP contribution < -0.4 is 4.74 Å². The molecule has 4 heteroatoms. The molecule has 4 nitrogen and oxygen atoms in total. The van der Waals surface area contributed by atoms with Crippen LogP contribution in [0.3, 0.4) is 0 Å². The molecule has 0 amide bonds. The zero-order valence-corrected chi connectivity index (χ0v) is 11.9. The number of likely N-dealkylation sites (N-methyl/N-ethyl adjacent to an activating group) is 1. The number of ether oxygens (including phenoxy) is 2. The smallest absolute Gasteiger partial charge is 0.169 e. The average Bonchev–Trinajstić information content (AvgIpc) is 2.83. The number of nitrogens with zero attached hydrogens (tertiary/aromatic N) is 1. The summed E-state index contributed by atoms with van der Waals surface area (Å²) < 4.78 is 11.7. The Morgan fingerprint density at radius 1 is 1.38 bits per heavy atom. The molecule has 21 heavy (non-hydrogen) atoms. The molecule has 3 aliphatic carbocycles. The predicted molar refractivity (Wildman–Crippen MR) is 75.2 cm³/mol. The topological polar surface area (TPSA) is 41.7 Å². The summed E-state index contributed by atoms with van der Waals surface area (Å²) in [4.78, 5) is 2.46. The lowest BCUT2D eigenvalue weighted by atomic mass is 9.69. The minimum absolute atomic E-state index is 0.110. The number of rotatable bonds is 1. The molecule has 1 unspecified atom stereocenters. The predicted octanol–water partition coefficient (Wildman–Crippen LogP) is 1.79.